The molecule has 1 N–H and O–H groups in total. The third kappa shape index (κ3) is 4.95. The largest absolute Gasteiger partial charge is 0.454 e. The summed E-state index contributed by atoms with van der Waals surface area (Å²) in [5.74, 6) is 0.620. The van der Waals surface area contributed by atoms with E-state index in [1.54, 1.807) is 25.1 Å². The summed E-state index contributed by atoms with van der Waals surface area (Å²) in [5.41, 5.74) is 0.675. The number of halogens is 1. The van der Waals surface area contributed by atoms with Crippen molar-refractivity contribution in [1.82, 2.24) is 5.32 Å². The summed E-state index contributed by atoms with van der Waals surface area (Å²) in [6.45, 7) is 3.84. The van der Waals surface area contributed by atoms with Crippen molar-refractivity contribution in [3.05, 3.63) is 28.8 Å². The van der Waals surface area contributed by atoms with E-state index in [1.807, 2.05) is 0 Å². The van der Waals surface area contributed by atoms with E-state index in [4.69, 9.17) is 25.8 Å². The molecular weight excluding hydrogens is 370 g/mol. The van der Waals surface area contributed by atoms with Crippen LogP contribution < -0.4 is 14.8 Å². The van der Waals surface area contributed by atoms with Gasteiger partial charge >= 0.3 is 5.97 Å². The molecule has 0 radical (unpaired) electrons. The van der Waals surface area contributed by atoms with E-state index >= 15 is 0 Å². The molecule has 0 bridgehead atoms. The minimum Gasteiger partial charge on any atom is -0.454 e. The van der Waals surface area contributed by atoms with Crippen LogP contribution in [0.3, 0.4) is 0 Å². The van der Waals surface area contributed by atoms with Crippen LogP contribution in [0, 0.1) is 5.92 Å². The van der Waals surface area contributed by atoms with Crippen molar-refractivity contribution in [2.45, 2.75) is 51.7 Å². The van der Waals surface area contributed by atoms with Crippen molar-refractivity contribution >= 4 is 29.6 Å². The Kier molecular flexibility index (Phi) is 6.26. The van der Waals surface area contributed by atoms with Gasteiger partial charge < -0.3 is 19.5 Å². The molecule has 3 atom stereocenters. The molecule has 27 heavy (non-hydrogen) atoms. The lowest BCUT2D eigenvalue weighted by Gasteiger charge is -2.30. The van der Waals surface area contributed by atoms with Crippen LogP contribution in [0.5, 0.6) is 11.5 Å². The zero-order valence-corrected chi connectivity index (χ0v) is 16.3. The first-order valence-corrected chi connectivity index (χ1v) is 9.60. The van der Waals surface area contributed by atoms with Gasteiger partial charge in [-0.1, -0.05) is 31.4 Å². The predicted octanol–water partition coefficient (Wildman–Crippen LogP) is 3.71. The van der Waals surface area contributed by atoms with Gasteiger partial charge in [0.05, 0.1) is 5.02 Å². The molecule has 1 aromatic rings. The van der Waals surface area contributed by atoms with Crippen LogP contribution in [0.2, 0.25) is 5.02 Å². The highest BCUT2D eigenvalue weighted by atomic mass is 35.5. The minimum atomic E-state index is -0.850. The molecule has 1 saturated carbocycles. The Hall–Kier alpha value is -2.21. The normalized spacial score (nSPS) is 22.5. The number of carbonyl (C=O) groups is 2. The van der Waals surface area contributed by atoms with Crippen LogP contribution in [0.4, 0.5) is 0 Å². The van der Waals surface area contributed by atoms with Gasteiger partial charge in [0.15, 0.2) is 17.6 Å². The highest BCUT2D eigenvalue weighted by Crippen LogP contribution is 2.40. The zero-order valence-electron chi connectivity index (χ0n) is 15.5. The molecule has 1 aromatic carbocycles. The minimum absolute atomic E-state index is 0.122. The Balaban J connectivity index is 1.53. The number of fused-ring (bicyclic) bond motifs is 1. The van der Waals surface area contributed by atoms with E-state index in [2.05, 4.69) is 12.2 Å². The first kappa shape index (κ1) is 19.5. The van der Waals surface area contributed by atoms with Crippen LogP contribution in [0.15, 0.2) is 18.2 Å². The molecule has 0 aromatic heterocycles. The lowest BCUT2D eigenvalue weighted by atomic mass is 9.86. The third-order valence-corrected chi connectivity index (χ3v) is 5.24. The molecule has 1 amide bonds. The van der Waals surface area contributed by atoms with Gasteiger partial charge in [-0.3, -0.25) is 4.79 Å². The summed E-state index contributed by atoms with van der Waals surface area (Å²) in [7, 11) is 0. The number of hydrogen-bond acceptors (Lipinski definition) is 5. The Morgan fingerprint density at radius 2 is 2.07 bits per heavy atom. The third-order valence-electron chi connectivity index (χ3n) is 4.96. The van der Waals surface area contributed by atoms with E-state index in [-0.39, 0.29) is 18.7 Å². The molecule has 0 unspecified atom stereocenters. The smallest absolute Gasteiger partial charge is 0.331 e. The van der Waals surface area contributed by atoms with Gasteiger partial charge in [-0.15, -0.1) is 0 Å². The molecular formula is C20H24ClNO5. The summed E-state index contributed by atoms with van der Waals surface area (Å²) in [4.78, 5) is 24.3. The molecule has 2 aliphatic rings. The fourth-order valence-corrected chi connectivity index (χ4v) is 3.62. The van der Waals surface area contributed by atoms with E-state index in [1.165, 1.54) is 12.5 Å². The van der Waals surface area contributed by atoms with Crippen LogP contribution in [-0.2, 0) is 14.3 Å². The maximum absolute atomic E-state index is 12.3. The van der Waals surface area contributed by atoms with Crippen molar-refractivity contribution in [3.8, 4) is 11.5 Å². The van der Waals surface area contributed by atoms with Gasteiger partial charge in [0.2, 0.25) is 6.79 Å². The molecule has 7 heteroatoms. The van der Waals surface area contributed by atoms with E-state index in [9.17, 15) is 9.59 Å². The second-order valence-electron chi connectivity index (χ2n) is 7.03. The summed E-state index contributed by atoms with van der Waals surface area (Å²) >= 11 is 6.11. The molecule has 6 nitrogen and oxygen atoms in total. The van der Waals surface area contributed by atoms with E-state index in [0.717, 1.165) is 19.3 Å². The van der Waals surface area contributed by atoms with Crippen molar-refractivity contribution in [2.75, 3.05) is 6.79 Å². The second-order valence-corrected chi connectivity index (χ2v) is 7.43. The van der Waals surface area contributed by atoms with Gasteiger partial charge in [0.1, 0.15) is 0 Å². The predicted molar refractivity (Wildman–Crippen MR) is 102 cm³/mol. The number of benzene rings is 1. The quantitative estimate of drug-likeness (QED) is 0.609. The van der Waals surface area contributed by atoms with Crippen molar-refractivity contribution in [1.29, 1.82) is 0 Å². The Morgan fingerprint density at radius 1 is 1.30 bits per heavy atom. The molecule has 146 valence electrons. The molecule has 0 spiro atoms. The summed E-state index contributed by atoms with van der Waals surface area (Å²) in [5, 5.41) is 3.40. The summed E-state index contributed by atoms with van der Waals surface area (Å²) in [6, 6.07) is 3.54. The molecule has 3 rings (SSSR count). The highest BCUT2D eigenvalue weighted by molar-refractivity contribution is 6.32. The lowest BCUT2D eigenvalue weighted by molar-refractivity contribution is -0.150. The first-order chi connectivity index (χ1) is 12.9. The number of hydrogen-bond donors (Lipinski definition) is 1. The number of amides is 1. The molecule has 1 aliphatic heterocycles. The molecule has 0 saturated heterocycles. The maximum atomic E-state index is 12.3. The number of rotatable bonds is 5. The van der Waals surface area contributed by atoms with Crippen molar-refractivity contribution < 1.29 is 23.8 Å². The Bertz CT molecular complexity index is 748. The van der Waals surface area contributed by atoms with Gasteiger partial charge in [-0.05, 0) is 49.5 Å². The lowest BCUT2D eigenvalue weighted by Crippen LogP contribution is -2.45. The van der Waals surface area contributed by atoms with Gasteiger partial charge in [-0.25, -0.2) is 4.79 Å². The zero-order chi connectivity index (χ0) is 19.4. The van der Waals surface area contributed by atoms with Crippen molar-refractivity contribution in [3.63, 3.8) is 0 Å². The monoisotopic (exact) mass is 393 g/mol. The number of nitrogens with one attached hydrogen (secondary N) is 1. The van der Waals surface area contributed by atoms with Crippen LogP contribution in [0.1, 0.15) is 45.1 Å². The SMILES string of the molecule is C[C@@H](OC(=O)/C=C/c1cc(Cl)c2c(c1)OCO2)C(=O)N[C@H]1CCCC[C@@H]1C. The standard InChI is InChI=1S/C20H24ClNO5/c1-12-5-3-4-6-16(12)22-20(24)13(2)27-18(23)8-7-14-9-15(21)19-17(10-14)25-11-26-19/h7-10,12-13,16H,3-6,11H2,1-2H3,(H,22,24)/b8-7+/t12-,13+,16-/m0/s1. The van der Waals surface area contributed by atoms with Gasteiger partial charge in [-0.2, -0.15) is 0 Å². The molecule has 1 aliphatic carbocycles. The fourth-order valence-electron chi connectivity index (χ4n) is 3.35. The number of esters is 1. The number of carbonyl (C=O) groups excluding carboxylic acids is 2. The maximum Gasteiger partial charge on any atom is 0.331 e. The average molecular weight is 394 g/mol. The highest BCUT2D eigenvalue weighted by Gasteiger charge is 2.26. The van der Waals surface area contributed by atoms with Crippen LogP contribution in [-0.4, -0.2) is 30.8 Å². The Morgan fingerprint density at radius 3 is 2.85 bits per heavy atom. The Labute approximate surface area is 163 Å². The van der Waals surface area contributed by atoms with Crippen LogP contribution in [0.25, 0.3) is 6.08 Å². The first-order valence-electron chi connectivity index (χ1n) is 9.22. The summed E-state index contributed by atoms with van der Waals surface area (Å²) in [6.07, 6.45) is 6.37. The van der Waals surface area contributed by atoms with Crippen molar-refractivity contribution in [2.24, 2.45) is 5.92 Å². The van der Waals surface area contributed by atoms with E-state index < -0.39 is 12.1 Å². The van der Waals surface area contributed by atoms with Gasteiger partial charge in [0.25, 0.3) is 5.91 Å². The summed E-state index contributed by atoms with van der Waals surface area (Å²) < 4.78 is 15.7. The molecule has 1 heterocycles. The molecule has 1 fully saturated rings. The second kappa shape index (κ2) is 8.65. The topological polar surface area (TPSA) is 73.9 Å². The fraction of sp³-hybridized carbons (Fsp3) is 0.500. The van der Waals surface area contributed by atoms with E-state index in [0.29, 0.717) is 28.0 Å². The van der Waals surface area contributed by atoms with Gasteiger partial charge in [0, 0.05) is 12.1 Å². The number of ether oxygens (including phenoxy) is 3. The average Bonchev–Trinajstić information content (AvgIpc) is 3.11. The van der Waals surface area contributed by atoms with Crippen LogP contribution >= 0.6 is 11.6 Å².